The largest absolute Gasteiger partial charge is 0.354 e. The third-order valence-electron chi connectivity index (χ3n) is 4.35. The molecule has 0 fully saturated rings. The summed E-state index contributed by atoms with van der Waals surface area (Å²) in [5, 5.41) is 3.04. The lowest BCUT2D eigenvalue weighted by Crippen LogP contribution is -2.53. The summed E-state index contributed by atoms with van der Waals surface area (Å²) in [5.41, 5.74) is 8.09. The van der Waals surface area contributed by atoms with Crippen LogP contribution in [-0.4, -0.2) is 28.8 Å². The van der Waals surface area contributed by atoms with Crippen molar-refractivity contribution in [2.45, 2.75) is 59.4 Å². The van der Waals surface area contributed by atoms with Gasteiger partial charge in [-0.15, -0.1) is 0 Å². The highest BCUT2D eigenvalue weighted by Crippen LogP contribution is 2.22. The smallest absolute Gasteiger partial charge is 0.268 e. The first-order chi connectivity index (χ1) is 9.85. The Labute approximate surface area is 126 Å². The molecule has 5 nitrogen and oxygen atoms in total. The molecule has 0 atom stereocenters. The fourth-order valence-corrected chi connectivity index (χ4v) is 2.77. The molecular formula is C16H27N3O2. The Kier molecular flexibility index (Phi) is 5.72. The zero-order valence-corrected chi connectivity index (χ0v) is 13.7. The van der Waals surface area contributed by atoms with E-state index in [0.29, 0.717) is 24.2 Å². The van der Waals surface area contributed by atoms with Crippen LogP contribution < -0.4 is 11.1 Å². The maximum atomic E-state index is 12.6. The number of aryl methyl sites for hydroxylation is 1. The number of rotatable bonds is 7. The fourth-order valence-electron chi connectivity index (χ4n) is 2.77. The Bertz CT molecular complexity index is 520. The summed E-state index contributed by atoms with van der Waals surface area (Å²) < 4.78 is 0. The molecule has 0 radical (unpaired) electrons. The first-order valence-corrected chi connectivity index (χ1v) is 7.60. The first-order valence-electron chi connectivity index (χ1n) is 7.60. The van der Waals surface area contributed by atoms with Crippen LogP contribution in [0.3, 0.4) is 0 Å². The van der Waals surface area contributed by atoms with E-state index in [0.717, 1.165) is 24.1 Å². The topological polar surface area (TPSA) is 88.0 Å². The van der Waals surface area contributed by atoms with Crippen molar-refractivity contribution in [3.63, 3.8) is 0 Å². The quantitative estimate of drug-likeness (QED) is 0.674. The highest BCUT2D eigenvalue weighted by atomic mass is 16.2. The van der Waals surface area contributed by atoms with Crippen LogP contribution in [0.1, 0.15) is 72.6 Å². The molecule has 1 aromatic heterocycles. The maximum absolute atomic E-state index is 12.6. The van der Waals surface area contributed by atoms with Crippen molar-refractivity contribution in [1.29, 1.82) is 0 Å². The summed E-state index contributed by atoms with van der Waals surface area (Å²) in [6, 6.07) is 0. The highest BCUT2D eigenvalue weighted by Gasteiger charge is 2.29. The predicted molar refractivity (Wildman–Crippen MR) is 84.7 cm³/mol. The molecule has 0 bridgehead atoms. The van der Waals surface area contributed by atoms with Gasteiger partial charge in [-0.25, -0.2) is 0 Å². The summed E-state index contributed by atoms with van der Waals surface area (Å²) in [4.78, 5) is 27.4. The molecular weight excluding hydrogens is 266 g/mol. The first kappa shape index (κ1) is 17.4. The monoisotopic (exact) mass is 293 g/mol. The zero-order valence-electron chi connectivity index (χ0n) is 13.7. The number of carbonyl (C=O) groups excluding carboxylic acids is 2. The third-order valence-corrected chi connectivity index (χ3v) is 4.35. The van der Waals surface area contributed by atoms with E-state index in [2.05, 4.69) is 10.3 Å². The molecule has 0 spiro atoms. The number of amides is 1. The number of hydrogen-bond acceptors (Lipinski definition) is 3. The molecule has 0 saturated carbocycles. The van der Waals surface area contributed by atoms with E-state index in [1.807, 2.05) is 27.7 Å². The Morgan fingerprint density at radius 2 is 1.81 bits per heavy atom. The van der Waals surface area contributed by atoms with Crippen molar-refractivity contribution in [3.05, 3.63) is 22.5 Å². The van der Waals surface area contributed by atoms with Crippen molar-refractivity contribution >= 4 is 11.7 Å². The van der Waals surface area contributed by atoms with Gasteiger partial charge in [0.2, 0.25) is 0 Å². The number of nitrogens with two attached hydrogens (primary N) is 1. The molecule has 0 aliphatic rings. The van der Waals surface area contributed by atoms with Gasteiger partial charge in [-0.05, 0) is 38.7 Å². The number of carbonyl (C=O) groups is 2. The lowest BCUT2D eigenvalue weighted by molar-refractivity contribution is 0.0889. The minimum atomic E-state index is -0.391. The number of ketones is 1. The number of nitrogens with one attached hydrogen (secondary N) is 2. The van der Waals surface area contributed by atoms with Crippen molar-refractivity contribution in [2.75, 3.05) is 6.54 Å². The molecule has 1 rings (SSSR count). The number of aromatic amines is 1. The van der Waals surface area contributed by atoms with E-state index in [9.17, 15) is 9.59 Å². The molecule has 21 heavy (non-hydrogen) atoms. The Hall–Kier alpha value is -1.62. The van der Waals surface area contributed by atoms with Crippen LogP contribution in [0.25, 0.3) is 0 Å². The molecule has 0 aliphatic carbocycles. The zero-order chi connectivity index (χ0) is 16.2. The lowest BCUT2D eigenvalue weighted by atomic mass is 9.92. The second kappa shape index (κ2) is 6.89. The molecule has 1 aromatic rings. The Morgan fingerprint density at radius 3 is 2.19 bits per heavy atom. The molecule has 0 unspecified atom stereocenters. The van der Waals surface area contributed by atoms with Gasteiger partial charge in [0, 0.05) is 17.8 Å². The van der Waals surface area contributed by atoms with E-state index in [4.69, 9.17) is 5.73 Å². The average Bonchev–Trinajstić information content (AvgIpc) is 2.81. The second-order valence-electron chi connectivity index (χ2n) is 5.53. The molecule has 1 amide bonds. The summed E-state index contributed by atoms with van der Waals surface area (Å²) in [5.74, 6) is -0.202. The third kappa shape index (κ3) is 3.35. The highest BCUT2D eigenvalue weighted by molar-refractivity contribution is 6.02. The Balaban J connectivity index is 3.20. The Morgan fingerprint density at radius 1 is 1.24 bits per heavy atom. The van der Waals surface area contributed by atoms with E-state index >= 15 is 0 Å². The van der Waals surface area contributed by atoms with Gasteiger partial charge < -0.3 is 16.0 Å². The number of H-pyrrole nitrogens is 1. The van der Waals surface area contributed by atoms with Gasteiger partial charge in [0.1, 0.15) is 5.69 Å². The fraction of sp³-hybridized carbons (Fsp3) is 0.625. The second-order valence-corrected chi connectivity index (χ2v) is 5.53. The van der Waals surface area contributed by atoms with Crippen LogP contribution in [0, 0.1) is 6.92 Å². The van der Waals surface area contributed by atoms with Gasteiger partial charge in [-0.1, -0.05) is 20.8 Å². The minimum absolute atomic E-state index is 0.0179. The van der Waals surface area contributed by atoms with Crippen molar-refractivity contribution in [1.82, 2.24) is 10.3 Å². The van der Waals surface area contributed by atoms with Gasteiger partial charge in [-0.2, -0.15) is 0 Å². The van der Waals surface area contributed by atoms with Gasteiger partial charge in [0.05, 0.1) is 5.54 Å². The van der Waals surface area contributed by atoms with Gasteiger partial charge in [-0.3, -0.25) is 9.59 Å². The van der Waals surface area contributed by atoms with Crippen molar-refractivity contribution < 1.29 is 9.59 Å². The van der Waals surface area contributed by atoms with Gasteiger partial charge in [0.25, 0.3) is 5.91 Å². The average molecular weight is 293 g/mol. The molecule has 5 heteroatoms. The molecule has 0 aromatic carbocycles. The summed E-state index contributed by atoms with van der Waals surface area (Å²) in [6.45, 7) is 9.71. The van der Waals surface area contributed by atoms with Crippen LogP contribution in [0.2, 0.25) is 0 Å². The SMILES string of the molecule is CCc1c(C(=O)NC(CC)(CC)CN)[nH]c(C)c1C(C)=O. The van der Waals surface area contributed by atoms with E-state index in [1.54, 1.807) is 0 Å². The predicted octanol–water partition coefficient (Wildman–Crippen LogP) is 2.34. The maximum Gasteiger partial charge on any atom is 0.268 e. The van der Waals surface area contributed by atoms with Crippen molar-refractivity contribution in [3.8, 4) is 0 Å². The van der Waals surface area contributed by atoms with Crippen LogP contribution >= 0.6 is 0 Å². The number of Topliss-reactive ketones (excluding diaryl/α,β-unsaturated/α-hetero) is 1. The summed E-state index contributed by atoms with van der Waals surface area (Å²) >= 11 is 0. The van der Waals surface area contributed by atoms with Crippen LogP contribution in [-0.2, 0) is 6.42 Å². The molecule has 0 aliphatic heterocycles. The van der Waals surface area contributed by atoms with Crippen LogP contribution in [0.15, 0.2) is 0 Å². The van der Waals surface area contributed by atoms with Crippen molar-refractivity contribution in [2.24, 2.45) is 5.73 Å². The summed E-state index contributed by atoms with van der Waals surface area (Å²) in [7, 11) is 0. The summed E-state index contributed by atoms with van der Waals surface area (Å²) in [6.07, 6.45) is 2.18. The van der Waals surface area contributed by atoms with E-state index in [-0.39, 0.29) is 11.7 Å². The van der Waals surface area contributed by atoms with Gasteiger partial charge in [0.15, 0.2) is 5.78 Å². The molecule has 118 valence electrons. The van der Waals surface area contributed by atoms with E-state index < -0.39 is 5.54 Å². The van der Waals surface area contributed by atoms with Gasteiger partial charge >= 0.3 is 0 Å². The molecule has 0 saturated heterocycles. The lowest BCUT2D eigenvalue weighted by Gasteiger charge is -2.31. The normalized spacial score (nSPS) is 11.5. The van der Waals surface area contributed by atoms with Crippen LogP contribution in [0.5, 0.6) is 0 Å². The minimum Gasteiger partial charge on any atom is -0.354 e. The number of aromatic nitrogens is 1. The molecule has 4 N–H and O–H groups in total. The van der Waals surface area contributed by atoms with Crippen LogP contribution in [0.4, 0.5) is 0 Å². The van der Waals surface area contributed by atoms with E-state index in [1.165, 1.54) is 6.92 Å². The standard InChI is InChI=1S/C16H27N3O2/c1-6-12-13(11(5)20)10(4)18-14(12)15(21)19-16(7-2,8-3)9-17/h18H,6-9,17H2,1-5H3,(H,19,21). The molecule has 1 heterocycles. The number of hydrogen-bond donors (Lipinski definition) is 3.